The third-order valence-electron chi connectivity index (χ3n) is 3.41. The van der Waals surface area contributed by atoms with Crippen molar-refractivity contribution in [3.05, 3.63) is 87.1 Å². The third kappa shape index (κ3) is 4.56. The summed E-state index contributed by atoms with van der Waals surface area (Å²) in [4.78, 5) is 25.2. The van der Waals surface area contributed by atoms with E-state index < -0.39 is 5.91 Å². The van der Waals surface area contributed by atoms with E-state index >= 15 is 0 Å². The number of carbonyl (C=O) groups is 2. The van der Waals surface area contributed by atoms with Crippen LogP contribution in [0.5, 0.6) is 0 Å². The summed E-state index contributed by atoms with van der Waals surface area (Å²) in [7, 11) is 0. The van der Waals surface area contributed by atoms with E-state index in [9.17, 15) is 9.59 Å². The Morgan fingerprint density at radius 2 is 1.73 bits per heavy atom. The standard InChI is InChI=1S/C19H14ClN3O2S/c20-14-9-7-13(8-10-14)12-21-23-18(24)15-4-1-2-5-16(15)22-19(25)17-6-3-11-26-17/h1-12H,(H,22,25)(H,23,24)/b21-12-. The van der Waals surface area contributed by atoms with Crippen LogP contribution in [-0.2, 0) is 0 Å². The molecule has 0 radical (unpaired) electrons. The molecule has 0 saturated carbocycles. The van der Waals surface area contributed by atoms with Gasteiger partial charge < -0.3 is 5.32 Å². The lowest BCUT2D eigenvalue weighted by atomic mass is 10.1. The van der Waals surface area contributed by atoms with Crippen molar-refractivity contribution in [1.29, 1.82) is 0 Å². The van der Waals surface area contributed by atoms with Gasteiger partial charge in [-0.3, -0.25) is 9.59 Å². The van der Waals surface area contributed by atoms with Crippen LogP contribution in [0.3, 0.4) is 0 Å². The van der Waals surface area contributed by atoms with Gasteiger partial charge in [-0.1, -0.05) is 41.9 Å². The highest BCUT2D eigenvalue weighted by Crippen LogP contribution is 2.18. The maximum absolute atomic E-state index is 12.4. The van der Waals surface area contributed by atoms with Crippen LogP contribution < -0.4 is 10.7 Å². The number of carbonyl (C=O) groups excluding carboxylic acids is 2. The zero-order valence-electron chi connectivity index (χ0n) is 13.5. The van der Waals surface area contributed by atoms with Crippen LogP contribution in [0.15, 0.2) is 71.1 Å². The summed E-state index contributed by atoms with van der Waals surface area (Å²) < 4.78 is 0. The monoisotopic (exact) mass is 383 g/mol. The first kappa shape index (κ1) is 17.8. The predicted octanol–water partition coefficient (Wildman–Crippen LogP) is 4.42. The number of amides is 2. The first-order chi connectivity index (χ1) is 12.6. The molecule has 2 aromatic carbocycles. The zero-order chi connectivity index (χ0) is 18.4. The fourth-order valence-corrected chi connectivity index (χ4v) is 2.90. The molecule has 0 saturated heterocycles. The van der Waals surface area contributed by atoms with Gasteiger partial charge in [-0.2, -0.15) is 5.10 Å². The first-order valence-corrected chi connectivity index (χ1v) is 8.92. The summed E-state index contributed by atoms with van der Waals surface area (Å²) >= 11 is 7.16. The molecule has 130 valence electrons. The summed E-state index contributed by atoms with van der Waals surface area (Å²) in [6.45, 7) is 0. The number of hydrogen-bond donors (Lipinski definition) is 2. The SMILES string of the molecule is O=C(Nc1ccccc1C(=O)N/N=C\c1ccc(Cl)cc1)c1cccs1. The average Bonchev–Trinajstić information content (AvgIpc) is 3.18. The normalized spacial score (nSPS) is 10.7. The highest BCUT2D eigenvalue weighted by atomic mass is 35.5. The average molecular weight is 384 g/mol. The molecule has 1 heterocycles. The van der Waals surface area contributed by atoms with Gasteiger partial charge in [-0.15, -0.1) is 11.3 Å². The molecular weight excluding hydrogens is 370 g/mol. The number of para-hydroxylation sites is 1. The van der Waals surface area contributed by atoms with E-state index in [-0.39, 0.29) is 5.91 Å². The summed E-state index contributed by atoms with van der Waals surface area (Å²) in [5, 5.41) is 9.14. The number of anilines is 1. The Morgan fingerprint density at radius 3 is 2.46 bits per heavy atom. The van der Waals surface area contributed by atoms with Crippen molar-refractivity contribution in [3.63, 3.8) is 0 Å². The number of halogens is 1. The number of thiophene rings is 1. The molecule has 3 rings (SSSR count). The van der Waals surface area contributed by atoms with Gasteiger partial charge in [0.05, 0.1) is 22.3 Å². The Bertz CT molecular complexity index is 938. The molecular formula is C19H14ClN3O2S. The molecule has 26 heavy (non-hydrogen) atoms. The highest BCUT2D eigenvalue weighted by molar-refractivity contribution is 7.12. The minimum absolute atomic E-state index is 0.259. The molecule has 0 atom stereocenters. The van der Waals surface area contributed by atoms with E-state index in [4.69, 9.17) is 11.6 Å². The Morgan fingerprint density at radius 1 is 0.962 bits per heavy atom. The fraction of sp³-hybridized carbons (Fsp3) is 0. The molecule has 2 N–H and O–H groups in total. The minimum Gasteiger partial charge on any atom is -0.321 e. The number of nitrogens with one attached hydrogen (secondary N) is 2. The Hall–Kier alpha value is -2.96. The maximum atomic E-state index is 12.4. The lowest BCUT2D eigenvalue weighted by Gasteiger charge is -2.09. The molecule has 0 bridgehead atoms. The third-order valence-corrected chi connectivity index (χ3v) is 4.54. The van der Waals surface area contributed by atoms with Crippen LogP contribution in [0.4, 0.5) is 5.69 Å². The van der Waals surface area contributed by atoms with Crippen molar-refractivity contribution in [1.82, 2.24) is 5.43 Å². The number of rotatable bonds is 5. The van der Waals surface area contributed by atoms with E-state index in [1.807, 2.05) is 5.38 Å². The van der Waals surface area contributed by atoms with Crippen LogP contribution in [0.1, 0.15) is 25.6 Å². The van der Waals surface area contributed by atoms with E-state index in [0.717, 1.165) is 5.56 Å². The van der Waals surface area contributed by atoms with Crippen LogP contribution in [0, 0.1) is 0 Å². The molecule has 0 fully saturated rings. The second-order valence-corrected chi connectivity index (χ2v) is 6.61. The van der Waals surface area contributed by atoms with E-state index in [2.05, 4.69) is 15.8 Å². The van der Waals surface area contributed by atoms with Crippen molar-refractivity contribution in [2.24, 2.45) is 5.10 Å². The molecule has 0 aliphatic rings. The molecule has 1 aromatic heterocycles. The van der Waals surface area contributed by atoms with Crippen LogP contribution >= 0.6 is 22.9 Å². The van der Waals surface area contributed by atoms with Crippen molar-refractivity contribution >= 4 is 46.7 Å². The number of benzene rings is 2. The van der Waals surface area contributed by atoms with Crippen LogP contribution in [0.25, 0.3) is 0 Å². The molecule has 0 spiro atoms. The largest absolute Gasteiger partial charge is 0.321 e. The van der Waals surface area contributed by atoms with E-state index in [1.165, 1.54) is 17.6 Å². The second kappa shape index (κ2) is 8.42. The predicted molar refractivity (Wildman–Crippen MR) is 105 cm³/mol. The molecule has 7 heteroatoms. The van der Waals surface area contributed by atoms with Gasteiger partial charge in [0.15, 0.2) is 0 Å². The molecule has 3 aromatic rings. The summed E-state index contributed by atoms with van der Waals surface area (Å²) in [5.74, 6) is -0.679. The van der Waals surface area contributed by atoms with Crippen molar-refractivity contribution in [2.45, 2.75) is 0 Å². The Kier molecular flexibility index (Phi) is 5.78. The topological polar surface area (TPSA) is 70.6 Å². The zero-order valence-corrected chi connectivity index (χ0v) is 15.1. The Labute approximate surface area is 159 Å². The summed E-state index contributed by atoms with van der Waals surface area (Å²) in [6.07, 6.45) is 1.51. The smallest absolute Gasteiger partial charge is 0.273 e. The minimum atomic E-state index is -0.419. The Balaban J connectivity index is 1.69. The number of hydrazone groups is 1. The van der Waals surface area contributed by atoms with Gasteiger partial charge in [0.25, 0.3) is 11.8 Å². The quantitative estimate of drug-likeness (QED) is 0.505. The summed E-state index contributed by atoms with van der Waals surface area (Å²) in [6, 6.07) is 17.3. The molecule has 2 amide bonds. The van der Waals surface area contributed by atoms with Gasteiger partial charge in [0, 0.05) is 5.02 Å². The molecule has 0 unspecified atom stereocenters. The lowest BCUT2D eigenvalue weighted by molar-refractivity contribution is 0.0956. The van der Waals surface area contributed by atoms with Gasteiger partial charge in [0.1, 0.15) is 0 Å². The summed E-state index contributed by atoms with van der Waals surface area (Å²) in [5.41, 5.74) is 4.01. The molecule has 5 nitrogen and oxygen atoms in total. The lowest BCUT2D eigenvalue weighted by Crippen LogP contribution is -2.21. The second-order valence-electron chi connectivity index (χ2n) is 5.23. The van der Waals surface area contributed by atoms with Gasteiger partial charge in [-0.05, 0) is 41.3 Å². The van der Waals surface area contributed by atoms with Crippen LogP contribution in [-0.4, -0.2) is 18.0 Å². The van der Waals surface area contributed by atoms with Crippen molar-refractivity contribution < 1.29 is 9.59 Å². The fourth-order valence-electron chi connectivity index (χ4n) is 2.16. The van der Waals surface area contributed by atoms with Crippen LogP contribution in [0.2, 0.25) is 5.02 Å². The maximum Gasteiger partial charge on any atom is 0.273 e. The van der Waals surface area contributed by atoms with E-state index in [1.54, 1.807) is 60.7 Å². The van der Waals surface area contributed by atoms with Crippen molar-refractivity contribution in [2.75, 3.05) is 5.32 Å². The van der Waals surface area contributed by atoms with E-state index in [0.29, 0.717) is 21.2 Å². The highest BCUT2D eigenvalue weighted by Gasteiger charge is 2.14. The van der Waals surface area contributed by atoms with Gasteiger partial charge in [-0.25, -0.2) is 5.43 Å². The van der Waals surface area contributed by atoms with Gasteiger partial charge in [0.2, 0.25) is 0 Å². The molecule has 0 aliphatic heterocycles. The van der Waals surface area contributed by atoms with Gasteiger partial charge >= 0.3 is 0 Å². The number of hydrogen-bond acceptors (Lipinski definition) is 4. The molecule has 0 aliphatic carbocycles. The first-order valence-electron chi connectivity index (χ1n) is 7.66. The number of nitrogens with zero attached hydrogens (tertiary/aromatic N) is 1. The van der Waals surface area contributed by atoms with Crippen molar-refractivity contribution in [3.8, 4) is 0 Å².